The second-order valence-corrected chi connectivity index (χ2v) is 6.50. The molecule has 0 aliphatic heterocycles. The number of benzene rings is 2. The van der Waals surface area contributed by atoms with E-state index in [-0.39, 0.29) is 11.8 Å². The van der Waals surface area contributed by atoms with Crippen LogP contribution in [0.1, 0.15) is 40.0 Å². The fourth-order valence-electron chi connectivity index (χ4n) is 3.94. The minimum absolute atomic E-state index is 0.218. The van der Waals surface area contributed by atoms with Crippen molar-refractivity contribution in [2.24, 2.45) is 0 Å². The molecule has 0 saturated heterocycles. The van der Waals surface area contributed by atoms with Gasteiger partial charge in [0.2, 0.25) is 0 Å². The third kappa shape index (κ3) is 2.62. The second-order valence-electron chi connectivity index (χ2n) is 6.50. The van der Waals surface area contributed by atoms with Crippen LogP contribution in [0.25, 0.3) is 10.9 Å². The van der Waals surface area contributed by atoms with Gasteiger partial charge in [-0.3, -0.25) is 0 Å². The van der Waals surface area contributed by atoms with Crippen molar-refractivity contribution in [2.75, 3.05) is 7.11 Å². The molecular weight excluding hydrogens is 317 g/mol. The molecule has 0 radical (unpaired) electrons. The van der Waals surface area contributed by atoms with E-state index in [0.717, 1.165) is 36.6 Å². The molecule has 0 N–H and O–H groups in total. The summed E-state index contributed by atoms with van der Waals surface area (Å²) in [5.74, 6) is -0.570. The highest BCUT2D eigenvalue weighted by Crippen LogP contribution is 2.35. The smallest absolute Gasteiger partial charge is 0.340 e. The van der Waals surface area contributed by atoms with Gasteiger partial charge in [-0.05, 0) is 43.4 Å². The van der Waals surface area contributed by atoms with Gasteiger partial charge in [-0.2, -0.15) is 0 Å². The first-order chi connectivity index (χ1) is 12.2. The molecule has 3 nitrogen and oxygen atoms in total. The van der Waals surface area contributed by atoms with Crippen LogP contribution in [0, 0.1) is 5.82 Å². The molecule has 0 atom stereocenters. The first-order valence-electron chi connectivity index (χ1n) is 8.65. The zero-order valence-corrected chi connectivity index (χ0v) is 14.2. The number of fused-ring (bicyclic) bond motifs is 3. The molecule has 1 heterocycles. The number of para-hydroxylation sites is 1. The maximum Gasteiger partial charge on any atom is 0.340 e. The fourth-order valence-corrected chi connectivity index (χ4v) is 3.94. The van der Waals surface area contributed by atoms with Gasteiger partial charge in [-0.1, -0.05) is 30.3 Å². The van der Waals surface area contributed by atoms with Crippen molar-refractivity contribution >= 4 is 16.9 Å². The lowest BCUT2D eigenvalue weighted by Gasteiger charge is -2.17. The van der Waals surface area contributed by atoms with Gasteiger partial charge in [0, 0.05) is 16.6 Å². The largest absolute Gasteiger partial charge is 0.465 e. The summed E-state index contributed by atoms with van der Waals surface area (Å²) < 4.78 is 21.3. The van der Waals surface area contributed by atoms with Gasteiger partial charge in [0.05, 0.1) is 24.7 Å². The van der Waals surface area contributed by atoms with Gasteiger partial charge in [-0.25, -0.2) is 9.18 Å². The lowest BCUT2D eigenvalue weighted by molar-refractivity contribution is 0.0602. The third-order valence-electron chi connectivity index (χ3n) is 5.09. The SMILES string of the molecule is COC(=O)c1cccc2c3c(n(Cc4ccccc4F)c12)CCCC3. The Morgan fingerprint density at radius 2 is 1.92 bits per heavy atom. The van der Waals surface area contributed by atoms with Crippen molar-refractivity contribution in [1.29, 1.82) is 0 Å². The van der Waals surface area contributed by atoms with Crippen LogP contribution in [0.3, 0.4) is 0 Å². The molecule has 0 amide bonds. The molecule has 0 unspecified atom stereocenters. The van der Waals surface area contributed by atoms with E-state index < -0.39 is 0 Å². The predicted octanol–water partition coefficient (Wildman–Crippen LogP) is 4.49. The molecule has 0 spiro atoms. The average molecular weight is 337 g/mol. The number of halogens is 1. The topological polar surface area (TPSA) is 31.2 Å². The molecule has 1 aliphatic carbocycles. The summed E-state index contributed by atoms with van der Waals surface area (Å²) >= 11 is 0. The average Bonchev–Trinajstić information content (AvgIpc) is 2.97. The molecule has 1 aromatic heterocycles. The van der Waals surface area contributed by atoms with E-state index in [1.807, 2.05) is 12.1 Å². The van der Waals surface area contributed by atoms with Gasteiger partial charge in [0.25, 0.3) is 0 Å². The summed E-state index contributed by atoms with van der Waals surface area (Å²) in [6.07, 6.45) is 4.22. The zero-order chi connectivity index (χ0) is 17.4. The Morgan fingerprint density at radius 1 is 1.12 bits per heavy atom. The number of nitrogens with zero attached hydrogens (tertiary/aromatic N) is 1. The lowest BCUT2D eigenvalue weighted by atomic mass is 9.95. The maximum absolute atomic E-state index is 14.2. The number of hydrogen-bond acceptors (Lipinski definition) is 2. The number of hydrogen-bond donors (Lipinski definition) is 0. The van der Waals surface area contributed by atoms with Crippen molar-refractivity contribution in [3.8, 4) is 0 Å². The molecule has 0 fully saturated rings. The summed E-state index contributed by atoms with van der Waals surface area (Å²) in [6.45, 7) is 0.423. The molecule has 4 heteroatoms. The van der Waals surface area contributed by atoms with E-state index in [1.54, 1.807) is 18.2 Å². The van der Waals surface area contributed by atoms with E-state index >= 15 is 0 Å². The van der Waals surface area contributed by atoms with Crippen LogP contribution in [0.4, 0.5) is 4.39 Å². The van der Waals surface area contributed by atoms with Crippen LogP contribution >= 0.6 is 0 Å². The normalized spacial score (nSPS) is 13.7. The van der Waals surface area contributed by atoms with E-state index in [9.17, 15) is 9.18 Å². The molecule has 3 aromatic rings. The number of rotatable bonds is 3. The summed E-state index contributed by atoms with van der Waals surface area (Å²) in [5.41, 5.74) is 4.56. The highest BCUT2D eigenvalue weighted by atomic mass is 19.1. The van der Waals surface area contributed by atoms with Crippen LogP contribution in [-0.4, -0.2) is 17.6 Å². The van der Waals surface area contributed by atoms with Crippen molar-refractivity contribution in [3.63, 3.8) is 0 Å². The van der Waals surface area contributed by atoms with Gasteiger partial charge in [-0.15, -0.1) is 0 Å². The molecular formula is C21H20FNO2. The quantitative estimate of drug-likeness (QED) is 0.659. The van der Waals surface area contributed by atoms with Crippen LogP contribution < -0.4 is 0 Å². The molecule has 128 valence electrons. The molecule has 25 heavy (non-hydrogen) atoms. The first-order valence-corrected chi connectivity index (χ1v) is 8.65. The molecule has 2 aromatic carbocycles. The third-order valence-corrected chi connectivity index (χ3v) is 5.09. The number of esters is 1. The van der Waals surface area contributed by atoms with E-state index in [4.69, 9.17) is 4.74 Å². The lowest BCUT2D eigenvalue weighted by Crippen LogP contribution is -2.12. The summed E-state index contributed by atoms with van der Waals surface area (Å²) in [7, 11) is 1.39. The summed E-state index contributed by atoms with van der Waals surface area (Å²) in [4.78, 5) is 12.3. The van der Waals surface area contributed by atoms with Crippen molar-refractivity contribution in [3.05, 3.63) is 70.7 Å². The maximum atomic E-state index is 14.2. The van der Waals surface area contributed by atoms with E-state index in [1.165, 1.54) is 24.4 Å². The number of carbonyl (C=O) groups is 1. The Balaban J connectivity index is 1.98. The number of ether oxygens (including phenoxy) is 1. The minimum Gasteiger partial charge on any atom is -0.465 e. The molecule has 4 rings (SSSR count). The van der Waals surface area contributed by atoms with Crippen LogP contribution in [0.5, 0.6) is 0 Å². The van der Waals surface area contributed by atoms with E-state index in [0.29, 0.717) is 17.7 Å². The number of carbonyl (C=O) groups excluding carboxylic acids is 1. The molecule has 1 aliphatic rings. The zero-order valence-electron chi connectivity index (χ0n) is 14.2. The van der Waals surface area contributed by atoms with Gasteiger partial charge < -0.3 is 9.30 Å². The Bertz CT molecular complexity index is 958. The minimum atomic E-state index is -0.352. The summed E-state index contributed by atoms with van der Waals surface area (Å²) in [6, 6.07) is 12.6. The predicted molar refractivity (Wildman–Crippen MR) is 95.4 cm³/mol. The van der Waals surface area contributed by atoms with Crippen molar-refractivity contribution < 1.29 is 13.9 Å². The van der Waals surface area contributed by atoms with Crippen molar-refractivity contribution in [1.82, 2.24) is 4.57 Å². The highest BCUT2D eigenvalue weighted by Gasteiger charge is 2.24. The van der Waals surface area contributed by atoms with Crippen LogP contribution in [-0.2, 0) is 24.1 Å². The summed E-state index contributed by atoms with van der Waals surface area (Å²) in [5, 5.41) is 1.09. The van der Waals surface area contributed by atoms with E-state index in [2.05, 4.69) is 10.6 Å². The number of aryl methyl sites for hydroxylation is 1. The van der Waals surface area contributed by atoms with Crippen molar-refractivity contribution in [2.45, 2.75) is 32.2 Å². The number of methoxy groups -OCH3 is 1. The van der Waals surface area contributed by atoms with Crippen LogP contribution in [0.15, 0.2) is 42.5 Å². The number of aromatic nitrogens is 1. The molecule has 0 saturated carbocycles. The molecule has 0 bridgehead atoms. The standard InChI is InChI=1S/C21H20FNO2/c1-25-21(24)17-10-6-9-16-15-8-3-5-12-19(15)23(20(16)17)13-14-7-2-4-11-18(14)22/h2,4,6-7,9-11H,3,5,8,12-13H2,1H3. The first kappa shape index (κ1) is 15.9. The Hall–Kier alpha value is -2.62. The monoisotopic (exact) mass is 337 g/mol. The van der Waals surface area contributed by atoms with Gasteiger partial charge >= 0.3 is 5.97 Å². The Kier molecular flexibility index (Phi) is 4.04. The van der Waals surface area contributed by atoms with Gasteiger partial charge in [0.1, 0.15) is 5.82 Å². The fraction of sp³-hybridized carbons (Fsp3) is 0.286. The Morgan fingerprint density at radius 3 is 2.72 bits per heavy atom. The Labute approximate surface area is 146 Å². The van der Waals surface area contributed by atoms with Crippen LogP contribution in [0.2, 0.25) is 0 Å². The highest BCUT2D eigenvalue weighted by molar-refractivity contribution is 6.04. The second kappa shape index (κ2) is 6.36. The van der Waals surface area contributed by atoms with Gasteiger partial charge in [0.15, 0.2) is 0 Å².